The number of aliphatic hydroxyl groups is 1. The molecule has 1 fully saturated rings. The van der Waals surface area contributed by atoms with Crippen molar-refractivity contribution in [3.63, 3.8) is 0 Å². The SMILES string of the molecule is CN(C)C1(C(O)c2cnn(C)c2)CCCC1. The number of hydrogen-bond acceptors (Lipinski definition) is 3. The van der Waals surface area contributed by atoms with E-state index in [-0.39, 0.29) is 5.54 Å². The first-order valence-corrected chi connectivity index (χ1v) is 5.90. The van der Waals surface area contributed by atoms with Gasteiger partial charge in [0.1, 0.15) is 6.10 Å². The van der Waals surface area contributed by atoms with E-state index in [4.69, 9.17) is 0 Å². The molecule has 0 bridgehead atoms. The average Bonchev–Trinajstić information content (AvgIpc) is 2.85. The molecule has 1 aromatic rings. The molecule has 1 aliphatic rings. The van der Waals surface area contributed by atoms with Crippen molar-refractivity contribution in [1.29, 1.82) is 0 Å². The van der Waals surface area contributed by atoms with Gasteiger partial charge in [-0.3, -0.25) is 4.68 Å². The molecular formula is C12H21N3O. The van der Waals surface area contributed by atoms with Crippen LogP contribution in [0.15, 0.2) is 12.4 Å². The predicted molar refractivity (Wildman–Crippen MR) is 63.1 cm³/mol. The molecule has 90 valence electrons. The van der Waals surface area contributed by atoms with Gasteiger partial charge in [-0.05, 0) is 26.9 Å². The second-order valence-corrected chi connectivity index (χ2v) is 5.05. The molecule has 0 saturated heterocycles. The van der Waals surface area contributed by atoms with E-state index in [2.05, 4.69) is 24.1 Å². The number of aliphatic hydroxyl groups excluding tert-OH is 1. The van der Waals surface area contributed by atoms with E-state index in [0.717, 1.165) is 18.4 Å². The third-order valence-electron chi connectivity index (χ3n) is 3.91. The van der Waals surface area contributed by atoms with Crippen LogP contribution in [0.5, 0.6) is 0 Å². The van der Waals surface area contributed by atoms with Gasteiger partial charge in [-0.25, -0.2) is 0 Å². The zero-order valence-corrected chi connectivity index (χ0v) is 10.3. The largest absolute Gasteiger partial charge is 0.386 e. The normalized spacial score (nSPS) is 21.6. The Kier molecular flexibility index (Phi) is 3.04. The molecule has 4 heteroatoms. The molecule has 0 aromatic carbocycles. The fourth-order valence-corrected chi connectivity index (χ4v) is 2.84. The van der Waals surface area contributed by atoms with Crippen LogP contribution in [0.4, 0.5) is 0 Å². The molecule has 1 unspecified atom stereocenters. The van der Waals surface area contributed by atoms with Gasteiger partial charge >= 0.3 is 0 Å². The summed E-state index contributed by atoms with van der Waals surface area (Å²) in [6.45, 7) is 0. The van der Waals surface area contributed by atoms with Gasteiger partial charge in [0.25, 0.3) is 0 Å². The van der Waals surface area contributed by atoms with Crippen LogP contribution in [0.25, 0.3) is 0 Å². The van der Waals surface area contributed by atoms with E-state index in [1.165, 1.54) is 12.8 Å². The maximum absolute atomic E-state index is 10.6. The second-order valence-electron chi connectivity index (χ2n) is 5.05. The van der Waals surface area contributed by atoms with Gasteiger partial charge in [0.05, 0.1) is 11.7 Å². The number of aromatic nitrogens is 2. The lowest BCUT2D eigenvalue weighted by Gasteiger charge is -2.40. The lowest BCUT2D eigenvalue weighted by Crippen LogP contribution is -2.46. The van der Waals surface area contributed by atoms with E-state index >= 15 is 0 Å². The molecule has 1 aliphatic carbocycles. The van der Waals surface area contributed by atoms with Crippen molar-refractivity contribution in [2.75, 3.05) is 14.1 Å². The minimum atomic E-state index is -0.432. The first-order chi connectivity index (χ1) is 7.56. The number of nitrogens with zero attached hydrogens (tertiary/aromatic N) is 3. The standard InChI is InChI=1S/C12H21N3O/c1-14(2)12(6-4-5-7-12)11(16)10-8-13-15(3)9-10/h8-9,11,16H,4-7H2,1-3H3. The smallest absolute Gasteiger partial charge is 0.100 e. The Hall–Kier alpha value is -0.870. The molecular weight excluding hydrogens is 202 g/mol. The Morgan fingerprint density at radius 1 is 1.44 bits per heavy atom. The number of hydrogen-bond donors (Lipinski definition) is 1. The van der Waals surface area contributed by atoms with E-state index in [1.807, 2.05) is 13.2 Å². The molecule has 1 saturated carbocycles. The molecule has 0 radical (unpaired) electrons. The highest BCUT2D eigenvalue weighted by atomic mass is 16.3. The summed E-state index contributed by atoms with van der Waals surface area (Å²) in [7, 11) is 6.00. The predicted octanol–water partition coefficient (Wildman–Crippen LogP) is 1.33. The summed E-state index contributed by atoms with van der Waals surface area (Å²) in [6.07, 6.45) is 7.79. The third kappa shape index (κ3) is 1.76. The number of aryl methyl sites for hydroxylation is 1. The molecule has 1 aromatic heterocycles. The van der Waals surface area contributed by atoms with Crippen molar-refractivity contribution >= 4 is 0 Å². The van der Waals surface area contributed by atoms with Gasteiger partial charge in [-0.1, -0.05) is 12.8 Å². The monoisotopic (exact) mass is 223 g/mol. The minimum Gasteiger partial charge on any atom is -0.386 e. The molecule has 2 rings (SSSR count). The highest BCUT2D eigenvalue weighted by molar-refractivity contribution is 5.16. The molecule has 0 aliphatic heterocycles. The first kappa shape index (κ1) is 11.6. The summed E-state index contributed by atoms with van der Waals surface area (Å²) in [4.78, 5) is 2.18. The fraction of sp³-hybridized carbons (Fsp3) is 0.750. The average molecular weight is 223 g/mol. The van der Waals surface area contributed by atoms with Crippen molar-refractivity contribution in [2.45, 2.75) is 37.3 Å². The molecule has 4 nitrogen and oxygen atoms in total. The van der Waals surface area contributed by atoms with Gasteiger partial charge in [0, 0.05) is 18.8 Å². The van der Waals surface area contributed by atoms with Crippen molar-refractivity contribution in [2.24, 2.45) is 7.05 Å². The van der Waals surface area contributed by atoms with Crippen molar-refractivity contribution in [3.8, 4) is 0 Å². The Morgan fingerprint density at radius 3 is 2.50 bits per heavy atom. The summed E-state index contributed by atoms with van der Waals surface area (Å²) < 4.78 is 1.75. The van der Waals surface area contributed by atoms with Crippen LogP contribution in [0.1, 0.15) is 37.4 Å². The summed E-state index contributed by atoms with van der Waals surface area (Å²) in [5.74, 6) is 0. The highest BCUT2D eigenvalue weighted by Gasteiger charge is 2.43. The molecule has 0 amide bonds. The topological polar surface area (TPSA) is 41.3 Å². The first-order valence-electron chi connectivity index (χ1n) is 5.90. The van der Waals surface area contributed by atoms with Gasteiger partial charge in [0.2, 0.25) is 0 Å². The van der Waals surface area contributed by atoms with Crippen molar-refractivity contribution in [1.82, 2.24) is 14.7 Å². The minimum absolute atomic E-state index is 0.0942. The van der Waals surface area contributed by atoms with Crippen LogP contribution in [-0.2, 0) is 7.05 Å². The van der Waals surface area contributed by atoms with E-state index in [1.54, 1.807) is 10.9 Å². The highest BCUT2D eigenvalue weighted by Crippen LogP contribution is 2.43. The van der Waals surface area contributed by atoms with Crippen LogP contribution >= 0.6 is 0 Å². The van der Waals surface area contributed by atoms with E-state index in [9.17, 15) is 5.11 Å². The fourth-order valence-electron chi connectivity index (χ4n) is 2.84. The Bertz CT molecular complexity index is 353. The number of rotatable bonds is 3. The molecule has 16 heavy (non-hydrogen) atoms. The Labute approximate surface area is 96.9 Å². The summed E-state index contributed by atoms with van der Waals surface area (Å²) in [5, 5.41) is 14.7. The van der Waals surface area contributed by atoms with Crippen LogP contribution in [0, 0.1) is 0 Å². The Morgan fingerprint density at radius 2 is 2.06 bits per heavy atom. The van der Waals surface area contributed by atoms with Gasteiger partial charge < -0.3 is 10.0 Å². The van der Waals surface area contributed by atoms with Gasteiger partial charge in [-0.15, -0.1) is 0 Å². The van der Waals surface area contributed by atoms with Crippen LogP contribution in [0.2, 0.25) is 0 Å². The summed E-state index contributed by atoms with van der Waals surface area (Å²) >= 11 is 0. The molecule has 0 spiro atoms. The molecule has 1 atom stereocenters. The lowest BCUT2D eigenvalue weighted by atomic mass is 9.86. The quantitative estimate of drug-likeness (QED) is 0.840. The summed E-state index contributed by atoms with van der Waals surface area (Å²) in [6, 6.07) is 0. The van der Waals surface area contributed by atoms with Crippen LogP contribution in [0.3, 0.4) is 0 Å². The summed E-state index contributed by atoms with van der Waals surface area (Å²) in [5.41, 5.74) is 0.835. The van der Waals surface area contributed by atoms with Crippen LogP contribution < -0.4 is 0 Å². The Balaban J connectivity index is 2.27. The maximum atomic E-state index is 10.6. The van der Waals surface area contributed by atoms with E-state index < -0.39 is 6.10 Å². The molecule has 1 N–H and O–H groups in total. The third-order valence-corrected chi connectivity index (χ3v) is 3.91. The number of likely N-dealkylation sites (N-methyl/N-ethyl adjacent to an activating group) is 1. The zero-order chi connectivity index (χ0) is 11.8. The molecule has 1 heterocycles. The second kappa shape index (κ2) is 4.18. The van der Waals surface area contributed by atoms with Crippen LogP contribution in [-0.4, -0.2) is 39.4 Å². The van der Waals surface area contributed by atoms with Gasteiger partial charge in [-0.2, -0.15) is 5.10 Å². The van der Waals surface area contributed by atoms with Crippen molar-refractivity contribution in [3.05, 3.63) is 18.0 Å². The van der Waals surface area contributed by atoms with Gasteiger partial charge in [0.15, 0.2) is 0 Å². The van der Waals surface area contributed by atoms with Crippen molar-refractivity contribution < 1.29 is 5.11 Å². The van der Waals surface area contributed by atoms with E-state index in [0.29, 0.717) is 0 Å². The maximum Gasteiger partial charge on any atom is 0.100 e. The lowest BCUT2D eigenvalue weighted by molar-refractivity contribution is -0.00478. The zero-order valence-electron chi connectivity index (χ0n) is 10.3.